The zero-order valence-corrected chi connectivity index (χ0v) is 11.6. The fraction of sp³-hybridized carbons (Fsp3) is 0.857. The third kappa shape index (κ3) is 2.42. The monoisotopic (exact) mass is 240 g/mol. The molecule has 3 nitrogen and oxygen atoms in total. The van der Waals surface area contributed by atoms with Crippen LogP contribution in [0.25, 0.3) is 0 Å². The van der Waals surface area contributed by atoms with Crippen molar-refractivity contribution >= 4 is 0 Å². The van der Waals surface area contributed by atoms with E-state index in [0.29, 0.717) is 13.2 Å². The Labute approximate surface area is 104 Å². The summed E-state index contributed by atoms with van der Waals surface area (Å²) >= 11 is 0. The van der Waals surface area contributed by atoms with E-state index < -0.39 is 5.97 Å². The lowest BCUT2D eigenvalue weighted by molar-refractivity contribution is -0.395. The smallest absolute Gasteiger partial charge is 0.307 e. The van der Waals surface area contributed by atoms with Crippen LogP contribution < -0.4 is 0 Å². The summed E-state index contributed by atoms with van der Waals surface area (Å²) in [6, 6.07) is 0. The molecule has 17 heavy (non-hydrogen) atoms. The molecule has 0 saturated carbocycles. The predicted molar refractivity (Wildman–Crippen MR) is 66.5 cm³/mol. The highest BCUT2D eigenvalue weighted by Gasteiger charge is 2.52. The van der Waals surface area contributed by atoms with Crippen LogP contribution in [0.5, 0.6) is 0 Å². The summed E-state index contributed by atoms with van der Waals surface area (Å²) in [5.74, 6) is -0.979. The molecule has 0 amide bonds. The van der Waals surface area contributed by atoms with Crippen molar-refractivity contribution in [3.63, 3.8) is 0 Å². The fourth-order valence-corrected chi connectivity index (χ4v) is 2.08. The highest BCUT2D eigenvalue weighted by Crippen LogP contribution is 2.46. The van der Waals surface area contributed by atoms with E-state index in [2.05, 4.69) is 41.2 Å². The Hall–Kier alpha value is -0.380. The lowest BCUT2D eigenvalue weighted by Crippen LogP contribution is -2.49. The van der Waals surface area contributed by atoms with E-state index in [1.165, 1.54) is 0 Å². The number of ether oxygens (including phenoxy) is 3. The molecule has 2 rings (SSSR count). The van der Waals surface area contributed by atoms with Gasteiger partial charge in [-0.1, -0.05) is 41.2 Å². The molecule has 1 unspecified atom stereocenters. The van der Waals surface area contributed by atoms with Crippen molar-refractivity contribution in [2.45, 2.75) is 53.1 Å². The Balaban J connectivity index is 2.11. The van der Waals surface area contributed by atoms with Gasteiger partial charge in [-0.15, -0.1) is 0 Å². The van der Waals surface area contributed by atoms with Gasteiger partial charge in [0.25, 0.3) is 0 Å². The molecule has 1 spiro atoms. The largest absolute Gasteiger partial charge is 0.323 e. The van der Waals surface area contributed by atoms with Gasteiger partial charge in [0.1, 0.15) is 0 Å². The zero-order chi connectivity index (χ0) is 12.9. The second-order valence-corrected chi connectivity index (χ2v) is 7.08. The van der Waals surface area contributed by atoms with E-state index in [9.17, 15) is 0 Å². The standard InChI is InChI=1S/C14H24O3/c1-10-7-11(12(2,3)4)17-14(10)15-8-13(5,6)9-16-14/h11H,1,7-9H2,2-6H3. The second-order valence-electron chi connectivity index (χ2n) is 7.08. The molecular formula is C14H24O3. The molecule has 2 aliphatic rings. The summed E-state index contributed by atoms with van der Waals surface area (Å²) in [6.07, 6.45) is 0.917. The minimum atomic E-state index is -0.979. The molecule has 2 aliphatic heterocycles. The first-order chi connectivity index (χ1) is 7.65. The summed E-state index contributed by atoms with van der Waals surface area (Å²) in [7, 11) is 0. The highest BCUT2D eigenvalue weighted by molar-refractivity contribution is 5.13. The number of hydrogen-bond acceptors (Lipinski definition) is 3. The molecular weight excluding hydrogens is 216 g/mol. The van der Waals surface area contributed by atoms with Crippen molar-refractivity contribution in [3.05, 3.63) is 12.2 Å². The van der Waals surface area contributed by atoms with Gasteiger partial charge < -0.3 is 14.2 Å². The van der Waals surface area contributed by atoms with Crippen LogP contribution in [0.2, 0.25) is 0 Å². The highest BCUT2D eigenvalue weighted by atomic mass is 16.9. The quantitative estimate of drug-likeness (QED) is 0.609. The minimum absolute atomic E-state index is 0.0503. The maximum atomic E-state index is 6.02. The van der Waals surface area contributed by atoms with Gasteiger partial charge in [-0.2, -0.15) is 0 Å². The Morgan fingerprint density at radius 1 is 1.18 bits per heavy atom. The van der Waals surface area contributed by atoms with E-state index in [4.69, 9.17) is 14.2 Å². The van der Waals surface area contributed by atoms with Gasteiger partial charge in [0.15, 0.2) is 0 Å². The van der Waals surface area contributed by atoms with Crippen molar-refractivity contribution in [1.82, 2.24) is 0 Å². The molecule has 0 aromatic heterocycles. The summed E-state index contributed by atoms with van der Waals surface area (Å²) in [4.78, 5) is 0. The summed E-state index contributed by atoms with van der Waals surface area (Å²) in [6.45, 7) is 16.1. The van der Waals surface area contributed by atoms with Crippen molar-refractivity contribution in [3.8, 4) is 0 Å². The third-order valence-electron chi connectivity index (χ3n) is 3.43. The summed E-state index contributed by atoms with van der Waals surface area (Å²) < 4.78 is 17.7. The molecule has 1 atom stereocenters. The van der Waals surface area contributed by atoms with Gasteiger partial charge in [-0.25, -0.2) is 0 Å². The first-order valence-electron chi connectivity index (χ1n) is 6.29. The van der Waals surface area contributed by atoms with Gasteiger partial charge in [0.05, 0.1) is 19.3 Å². The summed E-state index contributed by atoms with van der Waals surface area (Å²) in [5.41, 5.74) is 1.04. The lowest BCUT2D eigenvalue weighted by atomic mass is 9.87. The first-order valence-corrected chi connectivity index (χ1v) is 6.29. The molecule has 3 heteroatoms. The van der Waals surface area contributed by atoms with Crippen LogP contribution in [0.4, 0.5) is 0 Å². The van der Waals surface area contributed by atoms with E-state index in [1.807, 2.05) is 0 Å². The normalized spacial score (nSPS) is 32.1. The van der Waals surface area contributed by atoms with Crippen molar-refractivity contribution in [2.24, 2.45) is 10.8 Å². The van der Waals surface area contributed by atoms with Crippen LogP contribution >= 0.6 is 0 Å². The van der Waals surface area contributed by atoms with Crippen molar-refractivity contribution < 1.29 is 14.2 Å². The minimum Gasteiger partial charge on any atom is -0.323 e. The SMILES string of the molecule is C=C1CC(C(C)(C)C)OC12OCC(C)(C)CO2. The topological polar surface area (TPSA) is 27.7 Å². The van der Waals surface area contributed by atoms with Crippen LogP contribution in [-0.2, 0) is 14.2 Å². The fourth-order valence-electron chi connectivity index (χ4n) is 2.08. The zero-order valence-electron chi connectivity index (χ0n) is 11.6. The van der Waals surface area contributed by atoms with Crippen LogP contribution in [0, 0.1) is 10.8 Å². The molecule has 0 bridgehead atoms. The molecule has 98 valence electrons. The van der Waals surface area contributed by atoms with E-state index in [0.717, 1.165) is 12.0 Å². The first kappa shape index (κ1) is 13.1. The maximum Gasteiger partial charge on any atom is 0.307 e. The third-order valence-corrected chi connectivity index (χ3v) is 3.43. The van der Waals surface area contributed by atoms with Crippen LogP contribution in [0.3, 0.4) is 0 Å². The number of hydrogen-bond donors (Lipinski definition) is 0. The van der Waals surface area contributed by atoms with Crippen LogP contribution in [0.1, 0.15) is 41.0 Å². The Kier molecular flexibility index (Phi) is 2.92. The molecule has 2 heterocycles. The summed E-state index contributed by atoms with van der Waals surface area (Å²) in [5, 5.41) is 0. The Morgan fingerprint density at radius 2 is 1.71 bits per heavy atom. The molecule has 0 N–H and O–H groups in total. The Morgan fingerprint density at radius 3 is 2.12 bits per heavy atom. The molecule has 0 aromatic rings. The van der Waals surface area contributed by atoms with Crippen molar-refractivity contribution in [2.75, 3.05) is 13.2 Å². The molecule has 0 radical (unpaired) electrons. The van der Waals surface area contributed by atoms with Gasteiger partial charge >= 0.3 is 5.97 Å². The van der Waals surface area contributed by atoms with Gasteiger partial charge in [-0.3, -0.25) is 0 Å². The van der Waals surface area contributed by atoms with Gasteiger partial charge in [0, 0.05) is 17.4 Å². The van der Waals surface area contributed by atoms with E-state index in [1.54, 1.807) is 0 Å². The van der Waals surface area contributed by atoms with Crippen LogP contribution in [-0.4, -0.2) is 25.3 Å². The number of rotatable bonds is 0. The average molecular weight is 240 g/mol. The lowest BCUT2D eigenvalue weighted by Gasteiger charge is -2.41. The molecule has 2 saturated heterocycles. The van der Waals surface area contributed by atoms with Gasteiger partial charge in [-0.05, 0) is 5.41 Å². The van der Waals surface area contributed by atoms with Crippen molar-refractivity contribution in [1.29, 1.82) is 0 Å². The Bertz CT molecular complexity index is 315. The maximum absolute atomic E-state index is 6.02. The average Bonchev–Trinajstić information content (AvgIpc) is 2.50. The molecule has 2 fully saturated rings. The molecule has 0 aliphatic carbocycles. The van der Waals surface area contributed by atoms with Gasteiger partial charge in [0.2, 0.25) is 0 Å². The molecule has 0 aromatic carbocycles. The van der Waals surface area contributed by atoms with E-state index in [-0.39, 0.29) is 16.9 Å². The van der Waals surface area contributed by atoms with Crippen LogP contribution in [0.15, 0.2) is 12.2 Å². The van der Waals surface area contributed by atoms with E-state index >= 15 is 0 Å². The second kappa shape index (κ2) is 3.81. The predicted octanol–water partition coefficient (Wildman–Crippen LogP) is 3.10.